The Morgan fingerprint density at radius 3 is 2.42 bits per heavy atom. The Bertz CT molecular complexity index is 1410. The number of amides is 2. The van der Waals surface area contributed by atoms with Crippen LogP contribution in [-0.2, 0) is 24.3 Å². The van der Waals surface area contributed by atoms with Gasteiger partial charge in [0.05, 0.1) is 18.1 Å². The molecule has 1 aliphatic carbocycles. The zero-order chi connectivity index (χ0) is 27.7. The summed E-state index contributed by atoms with van der Waals surface area (Å²) in [7, 11) is 1.60. The lowest BCUT2D eigenvalue weighted by molar-refractivity contribution is -0.135. The molecule has 1 aliphatic rings. The predicted molar refractivity (Wildman–Crippen MR) is 157 cm³/mol. The number of nitrogens with one attached hydrogen (secondary N) is 1. The fourth-order valence-electron chi connectivity index (χ4n) is 5.61. The number of carbonyl (C=O) groups is 2. The molecule has 0 saturated heterocycles. The Labute approximate surface area is 236 Å². The lowest BCUT2D eigenvalue weighted by atomic mass is 9.93. The van der Waals surface area contributed by atoms with E-state index < -0.39 is 0 Å². The van der Waals surface area contributed by atoms with Crippen LogP contribution in [0.15, 0.2) is 78.9 Å². The van der Waals surface area contributed by atoms with Gasteiger partial charge in [-0.1, -0.05) is 61.7 Å². The van der Waals surface area contributed by atoms with Crippen LogP contribution in [0.3, 0.4) is 0 Å². The lowest BCUT2D eigenvalue weighted by Gasteiger charge is -2.35. The van der Waals surface area contributed by atoms with Crippen molar-refractivity contribution < 1.29 is 14.3 Å². The topological polar surface area (TPSA) is 76.5 Å². The molecule has 5 rings (SSSR count). The van der Waals surface area contributed by atoms with Gasteiger partial charge in [-0.2, -0.15) is 0 Å². The largest absolute Gasteiger partial charge is 0.497 e. The van der Waals surface area contributed by atoms with E-state index in [4.69, 9.17) is 9.72 Å². The SMILES string of the molecule is COc1ccc(C(=O)NCCCc2nc3ccccc3n2CC(=O)N(Cc2ccccc2)C2CCCCC2)cc1. The molecule has 1 saturated carbocycles. The van der Waals surface area contributed by atoms with E-state index in [1.54, 1.807) is 31.4 Å². The molecule has 0 spiro atoms. The van der Waals surface area contributed by atoms with E-state index >= 15 is 0 Å². The van der Waals surface area contributed by atoms with Crippen LogP contribution in [0.4, 0.5) is 0 Å². The Kier molecular flexibility index (Phi) is 9.11. The first-order valence-corrected chi connectivity index (χ1v) is 14.3. The molecule has 2 amide bonds. The van der Waals surface area contributed by atoms with E-state index in [-0.39, 0.29) is 24.4 Å². The number of para-hydroxylation sites is 2. The normalized spacial score (nSPS) is 13.7. The highest BCUT2D eigenvalue weighted by molar-refractivity contribution is 5.94. The van der Waals surface area contributed by atoms with Crippen molar-refractivity contribution >= 4 is 22.8 Å². The van der Waals surface area contributed by atoms with Crippen molar-refractivity contribution in [2.75, 3.05) is 13.7 Å². The van der Waals surface area contributed by atoms with Crippen molar-refractivity contribution in [1.29, 1.82) is 0 Å². The lowest BCUT2D eigenvalue weighted by Crippen LogP contribution is -2.42. The Morgan fingerprint density at radius 1 is 0.950 bits per heavy atom. The molecule has 7 nitrogen and oxygen atoms in total. The summed E-state index contributed by atoms with van der Waals surface area (Å²) in [4.78, 5) is 33.5. The van der Waals surface area contributed by atoms with E-state index in [0.717, 1.165) is 47.4 Å². The Morgan fingerprint density at radius 2 is 1.68 bits per heavy atom. The molecular weight excluding hydrogens is 500 g/mol. The fourth-order valence-corrected chi connectivity index (χ4v) is 5.61. The van der Waals surface area contributed by atoms with Crippen LogP contribution in [0.25, 0.3) is 11.0 Å². The number of nitrogens with zero attached hydrogens (tertiary/aromatic N) is 3. The van der Waals surface area contributed by atoms with Crippen molar-refractivity contribution in [3.8, 4) is 5.75 Å². The number of rotatable bonds is 11. The Hall–Kier alpha value is -4.13. The monoisotopic (exact) mass is 538 g/mol. The highest BCUT2D eigenvalue weighted by Gasteiger charge is 2.27. The van der Waals surface area contributed by atoms with Gasteiger partial charge in [-0.05, 0) is 61.2 Å². The van der Waals surface area contributed by atoms with Gasteiger partial charge >= 0.3 is 0 Å². The van der Waals surface area contributed by atoms with E-state index in [2.05, 4.69) is 26.9 Å². The molecule has 1 heterocycles. The van der Waals surface area contributed by atoms with Crippen LogP contribution in [0.2, 0.25) is 0 Å². The van der Waals surface area contributed by atoms with Crippen molar-refractivity contribution in [2.45, 2.75) is 64.1 Å². The quantitative estimate of drug-likeness (QED) is 0.246. The first-order chi connectivity index (χ1) is 19.6. The van der Waals surface area contributed by atoms with Crippen molar-refractivity contribution in [3.05, 3.63) is 95.8 Å². The molecule has 208 valence electrons. The second-order valence-corrected chi connectivity index (χ2v) is 10.5. The summed E-state index contributed by atoms with van der Waals surface area (Å²) < 4.78 is 7.24. The van der Waals surface area contributed by atoms with Crippen LogP contribution in [-0.4, -0.2) is 46.0 Å². The van der Waals surface area contributed by atoms with E-state index in [1.165, 1.54) is 19.3 Å². The second kappa shape index (κ2) is 13.3. The summed E-state index contributed by atoms with van der Waals surface area (Å²) in [5, 5.41) is 3.00. The van der Waals surface area contributed by atoms with Gasteiger partial charge in [-0.15, -0.1) is 0 Å². The van der Waals surface area contributed by atoms with Crippen LogP contribution in [0, 0.1) is 0 Å². The molecule has 0 aliphatic heterocycles. The second-order valence-electron chi connectivity index (χ2n) is 10.5. The third kappa shape index (κ3) is 6.71. The van der Waals surface area contributed by atoms with Gasteiger partial charge in [0.15, 0.2) is 0 Å². The molecule has 0 atom stereocenters. The highest BCUT2D eigenvalue weighted by Crippen LogP contribution is 2.26. The number of methoxy groups -OCH3 is 1. The zero-order valence-corrected chi connectivity index (χ0v) is 23.2. The van der Waals surface area contributed by atoms with Gasteiger partial charge in [0.1, 0.15) is 18.1 Å². The summed E-state index contributed by atoms with van der Waals surface area (Å²) in [6.07, 6.45) is 7.08. The van der Waals surface area contributed by atoms with Crippen LogP contribution in [0.1, 0.15) is 60.3 Å². The number of carbonyl (C=O) groups excluding carboxylic acids is 2. The molecular formula is C33H38N4O3. The molecule has 1 fully saturated rings. The number of ether oxygens (including phenoxy) is 1. The number of fused-ring (bicyclic) bond motifs is 1. The molecule has 3 aromatic carbocycles. The predicted octanol–water partition coefficient (Wildman–Crippen LogP) is 5.77. The molecule has 1 N–H and O–H groups in total. The van der Waals surface area contributed by atoms with E-state index in [1.807, 2.05) is 42.5 Å². The van der Waals surface area contributed by atoms with Crippen molar-refractivity contribution in [2.24, 2.45) is 0 Å². The molecule has 0 bridgehead atoms. The van der Waals surface area contributed by atoms with Gasteiger partial charge in [-0.3, -0.25) is 9.59 Å². The average molecular weight is 539 g/mol. The summed E-state index contributed by atoms with van der Waals surface area (Å²) in [6.45, 7) is 1.41. The molecule has 1 aromatic heterocycles. The van der Waals surface area contributed by atoms with Crippen molar-refractivity contribution in [3.63, 3.8) is 0 Å². The number of hydrogen-bond acceptors (Lipinski definition) is 4. The van der Waals surface area contributed by atoms with Gasteiger partial charge in [-0.25, -0.2) is 4.98 Å². The molecule has 7 heteroatoms. The average Bonchev–Trinajstić information content (AvgIpc) is 3.35. The van der Waals surface area contributed by atoms with Crippen LogP contribution in [0.5, 0.6) is 5.75 Å². The first-order valence-electron chi connectivity index (χ1n) is 14.3. The maximum Gasteiger partial charge on any atom is 0.251 e. The van der Waals surface area contributed by atoms with E-state index in [9.17, 15) is 9.59 Å². The standard InChI is InChI=1S/C33H38N4O3/c1-40-28-20-18-26(19-21-28)33(39)34-22-10-17-31-35-29-15-8-9-16-30(29)37(31)24-32(38)36(27-13-6-3-7-14-27)23-25-11-4-2-5-12-25/h2,4-5,8-9,11-12,15-16,18-21,27H,3,6-7,10,13-14,17,22-24H2,1H3,(H,34,39). The maximum absolute atomic E-state index is 13.9. The third-order valence-corrected chi connectivity index (χ3v) is 7.77. The molecule has 0 unspecified atom stereocenters. The van der Waals surface area contributed by atoms with Crippen LogP contribution >= 0.6 is 0 Å². The third-order valence-electron chi connectivity index (χ3n) is 7.77. The van der Waals surface area contributed by atoms with Gasteiger partial charge in [0.25, 0.3) is 5.91 Å². The summed E-state index contributed by atoms with van der Waals surface area (Å²) in [5.41, 5.74) is 3.61. The minimum Gasteiger partial charge on any atom is -0.497 e. The number of aromatic nitrogens is 2. The Balaban J connectivity index is 1.28. The van der Waals surface area contributed by atoms with Crippen molar-refractivity contribution in [1.82, 2.24) is 19.8 Å². The zero-order valence-electron chi connectivity index (χ0n) is 23.2. The number of hydrogen-bond donors (Lipinski definition) is 1. The van der Waals surface area contributed by atoms with E-state index in [0.29, 0.717) is 25.1 Å². The summed E-state index contributed by atoms with van der Waals surface area (Å²) in [6, 6.07) is 25.6. The fraction of sp³-hybridized carbons (Fsp3) is 0.364. The van der Waals surface area contributed by atoms with Gasteiger partial charge < -0.3 is 19.5 Å². The highest BCUT2D eigenvalue weighted by atomic mass is 16.5. The first kappa shape index (κ1) is 27.4. The molecule has 4 aromatic rings. The molecule has 40 heavy (non-hydrogen) atoms. The number of benzene rings is 3. The summed E-state index contributed by atoms with van der Waals surface area (Å²) >= 11 is 0. The number of aryl methyl sites for hydroxylation is 1. The van der Waals surface area contributed by atoms with Crippen LogP contribution < -0.4 is 10.1 Å². The van der Waals surface area contributed by atoms with Gasteiger partial charge in [0, 0.05) is 31.1 Å². The van der Waals surface area contributed by atoms with Gasteiger partial charge in [0.2, 0.25) is 5.91 Å². The summed E-state index contributed by atoms with van der Waals surface area (Å²) in [5.74, 6) is 1.61. The minimum absolute atomic E-state index is 0.115. The smallest absolute Gasteiger partial charge is 0.251 e. The minimum atomic E-state index is -0.115. The molecule has 0 radical (unpaired) electrons. The number of imidazole rings is 1. The maximum atomic E-state index is 13.9.